The number of rotatable bonds is 3. The van der Waals surface area contributed by atoms with E-state index in [1.807, 2.05) is 24.3 Å². The molecule has 0 atom stereocenters. The average Bonchev–Trinajstić information content (AvgIpc) is 2.78. The Bertz CT molecular complexity index is 1270. The number of sulfonamides is 1. The molecule has 0 aliphatic carbocycles. The van der Waals surface area contributed by atoms with E-state index in [9.17, 15) is 13.2 Å². The van der Waals surface area contributed by atoms with Gasteiger partial charge in [0, 0.05) is 49.5 Å². The van der Waals surface area contributed by atoms with Crippen molar-refractivity contribution < 1.29 is 13.2 Å². The summed E-state index contributed by atoms with van der Waals surface area (Å²) >= 11 is 0. The maximum absolute atomic E-state index is 13.1. The van der Waals surface area contributed by atoms with Gasteiger partial charge >= 0.3 is 0 Å². The molecule has 0 radical (unpaired) electrons. The maximum atomic E-state index is 13.1. The van der Waals surface area contributed by atoms with Crippen molar-refractivity contribution >= 4 is 26.7 Å². The molecule has 152 valence electrons. The number of aryl methyl sites for hydroxylation is 1. The van der Waals surface area contributed by atoms with E-state index in [2.05, 4.69) is 4.98 Å². The lowest BCUT2D eigenvalue weighted by Crippen LogP contribution is -2.50. The van der Waals surface area contributed by atoms with E-state index in [1.165, 1.54) is 16.4 Å². The maximum Gasteiger partial charge on any atom is 0.254 e. The molecule has 1 fully saturated rings. The Morgan fingerprint density at radius 3 is 2.57 bits per heavy atom. The number of pyridine rings is 1. The van der Waals surface area contributed by atoms with Crippen LogP contribution in [0, 0.1) is 18.3 Å². The Kier molecular flexibility index (Phi) is 5.24. The molecular weight excluding hydrogens is 400 g/mol. The molecule has 0 saturated carbocycles. The fraction of sp³-hybridized carbons (Fsp3) is 0.227. The van der Waals surface area contributed by atoms with Crippen molar-refractivity contribution in [2.75, 3.05) is 26.2 Å². The van der Waals surface area contributed by atoms with Crippen molar-refractivity contribution in [3.8, 4) is 6.07 Å². The first-order chi connectivity index (χ1) is 14.4. The quantitative estimate of drug-likeness (QED) is 0.649. The molecular formula is C22H20N4O3S. The van der Waals surface area contributed by atoms with Gasteiger partial charge in [-0.15, -0.1) is 0 Å². The fourth-order valence-electron chi connectivity index (χ4n) is 3.75. The van der Waals surface area contributed by atoms with Crippen LogP contribution in [0.15, 0.2) is 59.8 Å². The van der Waals surface area contributed by atoms with Gasteiger partial charge in [-0.25, -0.2) is 8.42 Å². The lowest BCUT2D eigenvalue weighted by atomic mass is 10.1. The third-order valence-corrected chi connectivity index (χ3v) is 7.42. The van der Waals surface area contributed by atoms with Gasteiger partial charge in [0.05, 0.1) is 16.5 Å². The van der Waals surface area contributed by atoms with Crippen LogP contribution < -0.4 is 0 Å². The minimum absolute atomic E-state index is 0.125. The van der Waals surface area contributed by atoms with Crippen molar-refractivity contribution in [3.05, 3.63) is 71.5 Å². The highest BCUT2D eigenvalue weighted by Crippen LogP contribution is 2.24. The Morgan fingerprint density at radius 1 is 1.10 bits per heavy atom. The molecule has 2 aromatic carbocycles. The summed E-state index contributed by atoms with van der Waals surface area (Å²) in [6, 6.07) is 14.0. The van der Waals surface area contributed by atoms with Crippen LogP contribution in [0.4, 0.5) is 0 Å². The molecule has 2 heterocycles. The number of carbonyl (C=O) groups is 1. The number of hydrogen-bond donors (Lipinski definition) is 0. The monoisotopic (exact) mass is 420 g/mol. The number of benzene rings is 2. The minimum Gasteiger partial charge on any atom is -0.336 e. The molecule has 0 bridgehead atoms. The molecule has 4 rings (SSSR count). The first kappa shape index (κ1) is 20.0. The SMILES string of the molecule is Cc1cc(C#N)ccc1S(=O)(=O)N1CCN(C(=O)c2cccc3ccncc23)CC1. The number of nitriles is 1. The summed E-state index contributed by atoms with van der Waals surface area (Å²) in [4.78, 5) is 19.1. The van der Waals surface area contributed by atoms with Crippen molar-refractivity contribution in [1.82, 2.24) is 14.2 Å². The lowest BCUT2D eigenvalue weighted by Gasteiger charge is -2.34. The third kappa shape index (κ3) is 3.54. The largest absolute Gasteiger partial charge is 0.336 e. The average molecular weight is 420 g/mol. The third-order valence-electron chi connectivity index (χ3n) is 5.36. The molecule has 8 heteroatoms. The van der Waals surface area contributed by atoms with Gasteiger partial charge in [0.1, 0.15) is 0 Å². The molecule has 1 aromatic heterocycles. The summed E-state index contributed by atoms with van der Waals surface area (Å²) in [7, 11) is -3.69. The normalized spacial score (nSPS) is 15.1. The first-order valence-electron chi connectivity index (χ1n) is 9.55. The summed E-state index contributed by atoms with van der Waals surface area (Å²) in [6.45, 7) is 2.74. The molecule has 1 aliphatic heterocycles. The predicted octanol–water partition coefficient (Wildman–Crippen LogP) is 2.56. The van der Waals surface area contributed by atoms with Gasteiger partial charge in [-0.2, -0.15) is 9.57 Å². The van der Waals surface area contributed by atoms with E-state index in [0.29, 0.717) is 29.8 Å². The number of carbonyl (C=O) groups excluding carboxylic acids is 1. The second kappa shape index (κ2) is 7.86. The van der Waals surface area contributed by atoms with Gasteiger partial charge in [-0.3, -0.25) is 9.78 Å². The standard InChI is InChI=1S/C22H20N4O3S/c1-16-13-17(14-23)5-6-21(16)30(28,29)26-11-9-25(10-12-26)22(27)19-4-2-3-18-7-8-24-15-20(18)19/h2-8,13,15H,9-12H2,1H3. The molecule has 7 nitrogen and oxygen atoms in total. The number of nitrogens with zero attached hydrogens (tertiary/aromatic N) is 4. The summed E-state index contributed by atoms with van der Waals surface area (Å²) in [6.07, 6.45) is 3.36. The molecule has 3 aromatic rings. The molecule has 1 amide bonds. The van der Waals surface area contributed by atoms with Gasteiger partial charge < -0.3 is 4.90 Å². The van der Waals surface area contributed by atoms with Crippen LogP contribution >= 0.6 is 0 Å². The van der Waals surface area contributed by atoms with Gasteiger partial charge in [-0.05, 0) is 48.2 Å². The topological polar surface area (TPSA) is 94.4 Å². The van der Waals surface area contributed by atoms with Crippen LogP contribution in [-0.2, 0) is 10.0 Å². The number of piperazine rings is 1. The van der Waals surface area contributed by atoms with Crippen molar-refractivity contribution in [3.63, 3.8) is 0 Å². The molecule has 0 spiro atoms. The molecule has 0 N–H and O–H groups in total. The Balaban J connectivity index is 1.52. The van der Waals surface area contributed by atoms with Crippen LogP contribution in [0.1, 0.15) is 21.5 Å². The van der Waals surface area contributed by atoms with Gasteiger partial charge in [0.15, 0.2) is 0 Å². The summed E-state index contributed by atoms with van der Waals surface area (Å²) in [5.74, 6) is -0.125. The van der Waals surface area contributed by atoms with E-state index >= 15 is 0 Å². The second-order valence-electron chi connectivity index (χ2n) is 7.19. The van der Waals surface area contributed by atoms with Crippen molar-refractivity contribution in [2.45, 2.75) is 11.8 Å². The highest BCUT2D eigenvalue weighted by molar-refractivity contribution is 7.89. The highest BCUT2D eigenvalue weighted by Gasteiger charge is 2.31. The van der Waals surface area contributed by atoms with Gasteiger partial charge in [0.25, 0.3) is 5.91 Å². The number of amides is 1. The summed E-state index contributed by atoms with van der Waals surface area (Å²) in [5.41, 5.74) is 1.53. The first-order valence-corrected chi connectivity index (χ1v) is 11.0. The van der Waals surface area contributed by atoms with Crippen LogP contribution in [0.2, 0.25) is 0 Å². The Labute approximate surface area is 175 Å². The van der Waals surface area contributed by atoms with Crippen LogP contribution in [0.3, 0.4) is 0 Å². The van der Waals surface area contributed by atoms with E-state index < -0.39 is 10.0 Å². The molecule has 1 saturated heterocycles. The molecule has 0 unspecified atom stereocenters. The second-order valence-corrected chi connectivity index (χ2v) is 9.10. The van der Waals surface area contributed by atoms with E-state index in [0.717, 1.165) is 10.8 Å². The molecule has 30 heavy (non-hydrogen) atoms. The number of aromatic nitrogens is 1. The van der Waals surface area contributed by atoms with Gasteiger partial charge in [-0.1, -0.05) is 12.1 Å². The summed E-state index contributed by atoms with van der Waals surface area (Å²) < 4.78 is 27.5. The van der Waals surface area contributed by atoms with E-state index in [4.69, 9.17) is 5.26 Å². The zero-order valence-corrected chi connectivity index (χ0v) is 17.3. The van der Waals surface area contributed by atoms with Gasteiger partial charge in [0.2, 0.25) is 10.0 Å². The molecule has 1 aliphatic rings. The van der Waals surface area contributed by atoms with Crippen molar-refractivity contribution in [1.29, 1.82) is 5.26 Å². The summed E-state index contributed by atoms with van der Waals surface area (Å²) in [5, 5.41) is 10.7. The van der Waals surface area contributed by atoms with E-state index in [1.54, 1.807) is 36.4 Å². The number of fused-ring (bicyclic) bond motifs is 1. The lowest BCUT2D eigenvalue weighted by molar-refractivity contribution is 0.0700. The Morgan fingerprint density at radius 2 is 1.87 bits per heavy atom. The predicted molar refractivity (Wildman–Crippen MR) is 112 cm³/mol. The minimum atomic E-state index is -3.69. The zero-order valence-electron chi connectivity index (χ0n) is 16.4. The van der Waals surface area contributed by atoms with Crippen LogP contribution in [-0.4, -0.2) is 54.7 Å². The smallest absolute Gasteiger partial charge is 0.254 e. The van der Waals surface area contributed by atoms with Crippen LogP contribution in [0.5, 0.6) is 0 Å². The zero-order chi connectivity index (χ0) is 21.3. The Hall–Kier alpha value is -3.28. The van der Waals surface area contributed by atoms with Crippen LogP contribution in [0.25, 0.3) is 10.8 Å². The fourth-order valence-corrected chi connectivity index (χ4v) is 5.38. The number of hydrogen-bond acceptors (Lipinski definition) is 5. The van der Waals surface area contributed by atoms with Crippen molar-refractivity contribution in [2.24, 2.45) is 0 Å². The van der Waals surface area contributed by atoms with E-state index in [-0.39, 0.29) is 23.9 Å². The highest BCUT2D eigenvalue weighted by atomic mass is 32.2.